The van der Waals surface area contributed by atoms with E-state index in [9.17, 15) is 0 Å². The van der Waals surface area contributed by atoms with E-state index in [1.807, 2.05) is 19.1 Å². The standard InChI is InChI=1S/C12H19NO3/c1-8-11(15-2)5-9(4-10(13)7-14)6-12(8)16-3/h5-6,10,14H,4,7,13H2,1-3H3. The molecule has 1 unspecified atom stereocenters. The highest BCUT2D eigenvalue weighted by molar-refractivity contribution is 5.47. The molecule has 90 valence electrons. The minimum absolute atomic E-state index is 0.0293. The largest absolute Gasteiger partial charge is 0.496 e. The van der Waals surface area contributed by atoms with Crippen molar-refractivity contribution >= 4 is 0 Å². The topological polar surface area (TPSA) is 64.7 Å². The number of aliphatic hydroxyl groups excluding tert-OH is 1. The summed E-state index contributed by atoms with van der Waals surface area (Å²) < 4.78 is 10.5. The SMILES string of the molecule is COc1cc(CC(N)CO)cc(OC)c1C. The smallest absolute Gasteiger partial charge is 0.125 e. The molecule has 0 aliphatic rings. The molecule has 0 spiro atoms. The molecular formula is C12H19NO3. The molecule has 0 fully saturated rings. The maximum absolute atomic E-state index is 8.92. The summed E-state index contributed by atoms with van der Waals surface area (Å²) >= 11 is 0. The van der Waals surface area contributed by atoms with E-state index >= 15 is 0 Å². The highest BCUT2D eigenvalue weighted by Crippen LogP contribution is 2.29. The van der Waals surface area contributed by atoms with Crippen LogP contribution in [0.2, 0.25) is 0 Å². The average molecular weight is 225 g/mol. The zero-order valence-corrected chi connectivity index (χ0v) is 9.99. The Bertz CT molecular complexity index is 327. The molecule has 3 N–H and O–H groups in total. The predicted molar refractivity (Wildman–Crippen MR) is 63.0 cm³/mol. The van der Waals surface area contributed by atoms with Crippen molar-refractivity contribution < 1.29 is 14.6 Å². The predicted octanol–water partition coefficient (Wildman–Crippen LogP) is 0.874. The molecule has 16 heavy (non-hydrogen) atoms. The summed E-state index contributed by atoms with van der Waals surface area (Å²) in [5.74, 6) is 1.55. The lowest BCUT2D eigenvalue weighted by atomic mass is 10.0. The number of nitrogens with two attached hydrogens (primary N) is 1. The molecule has 0 saturated heterocycles. The second-order valence-corrected chi connectivity index (χ2v) is 3.77. The molecule has 1 atom stereocenters. The van der Waals surface area contributed by atoms with E-state index in [4.69, 9.17) is 20.3 Å². The Morgan fingerprint density at radius 1 is 1.25 bits per heavy atom. The highest BCUT2D eigenvalue weighted by Gasteiger charge is 2.10. The first kappa shape index (κ1) is 12.8. The molecule has 0 amide bonds. The zero-order valence-electron chi connectivity index (χ0n) is 9.99. The third-order valence-electron chi connectivity index (χ3n) is 2.54. The van der Waals surface area contributed by atoms with Gasteiger partial charge in [-0.2, -0.15) is 0 Å². The molecule has 4 nitrogen and oxygen atoms in total. The second-order valence-electron chi connectivity index (χ2n) is 3.77. The van der Waals surface area contributed by atoms with Gasteiger partial charge in [-0.25, -0.2) is 0 Å². The molecule has 0 saturated carbocycles. The van der Waals surface area contributed by atoms with Crippen LogP contribution in [-0.2, 0) is 6.42 Å². The Kier molecular flexibility index (Phi) is 4.58. The van der Waals surface area contributed by atoms with Gasteiger partial charge in [0.1, 0.15) is 11.5 Å². The first-order valence-corrected chi connectivity index (χ1v) is 5.20. The van der Waals surface area contributed by atoms with E-state index in [1.54, 1.807) is 14.2 Å². The number of hydrogen-bond donors (Lipinski definition) is 2. The van der Waals surface area contributed by atoms with Crippen molar-refractivity contribution in [2.45, 2.75) is 19.4 Å². The van der Waals surface area contributed by atoms with Crippen LogP contribution < -0.4 is 15.2 Å². The van der Waals surface area contributed by atoms with Crippen molar-refractivity contribution in [2.75, 3.05) is 20.8 Å². The number of hydrogen-bond acceptors (Lipinski definition) is 4. The summed E-state index contributed by atoms with van der Waals surface area (Å²) in [4.78, 5) is 0. The number of ether oxygens (including phenoxy) is 2. The monoisotopic (exact) mass is 225 g/mol. The van der Waals surface area contributed by atoms with Crippen LogP contribution in [0.15, 0.2) is 12.1 Å². The van der Waals surface area contributed by atoms with Gasteiger partial charge in [0.2, 0.25) is 0 Å². The molecule has 4 heteroatoms. The van der Waals surface area contributed by atoms with Gasteiger partial charge in [0.05, 0.1) is 20.8 Å². The van der Waals surface area contributed by atoms with Crippen molar-refractivity contribution in [3.63, 3.8) is 0 Å². The van der Waals surface area contributed by atoms with Crippen LogP contribution in [0.25, 0.3) is 0 Å². The van der Waals surface area contributed by atoms with Crippen LogP contribution in [0.1, 0.15) is 11.1 Å². The van der Waals surface area contributed by atoms with Gasteiger partial charge in [-0.1, -0.05) is 0 Å². The summed E-state index contributed by atoms with van der Waals surface area (Å²) in [6.45, 7) is 1.91. The van der Waals surface area contributed by atoms with Crippen molar-refractivity contribution in [2.24, 2.45) is 5.73 Å². The summed E-state index contributed by atoms with van der Waals surface area (Å²) in [5, 5.41) is 8.92. The van der Waals surface area contributed by atoms with E-state index in [-0.39, 0.29) is 12.6 Å². The highest BCUT2D eigenvalue weighted by atomic mass is 16.5. The van der Waals surface area contributed by atoms with Gasteiger partial charge in [0, 0.05) is 11.6 Å². The molecule has 1 aromatic carbocycles. The van der Waals surface area contributed by atoms with Crippen LogP contribution in [0.5, 0.6) is 11.5 Å². The van der Waals surface area contributed by atoms with Crippen LogP contribution >= 0.6 is 0 Å². The number of methoxy groups -OCH3 is 2. The fourth-order valence-electron chi connectivity index (χ4n) is 1.63. The van der Waals surface area contributed by atoms with Gasteiger partial charge in [-0.3, -0.25) is 0 Å². The number of benzene rings is 1. The summed E-state index contributed by atoms with van der Waals surface area (Å²) in [5.41, 5.74) is 7.66. The maximum atomic E-state index is 8.92. The van der Waals surface area contributed by atoms with Crippen molar-refractivity contribution in [1.29, 1.82) is 0 Å². The first-order valence-electron chi connectivity index (χ1n) is 5.20. The van der Waals surface area contributed by atoms with Crippen LogP contribution in [0.3, 0.4) is 0 Å². The molecule has 0 bridgehead atoms. The molecule has 0 aliphatic heterocycles. The third kappa shape index (κ3) is 2.87. The lowest BCUT2D eigenvalue weighted by Crippen LogP contribution is -2.26. The van der Waals surface area contributed by atoms with E-state index in [2.05, 4.69) is 0 Å². The molecular weight excluding hydrogens is 206 g/mol. The molecule has 0 aromatic heterocycles. The Labute approximate surface area is 96.0 Å². The lowest BCUT2D eigenvalue weighted by Gasteiger charge is -2.14. The van der Waals surface area contributed by atoms with Crippen LogP contribution in [0, 0.1) is 6.92 Å². The molecule has 0 heterocycles. The molecule has 1 aromatic rings. The van der Waals surface area contributed by atoms with E-state index < -0.39 is 0 Å². The average Bonchev–Trinajstić information content (AvgIpc) is 2.30. The Morgan fingerprint density at radius 2 is 1.75 bits per heavy atom. The first-order chi connectivity index (χ1) is 7.62. The van der Waals surface area contributed by atoms with E-state index in [0.717, 1.165) is 22.6 Å². The van der Waals surface area contributed by atoms with Gasteiger partial charge in [-0.05, 0) is 31.0 Å². The Hall–Kier alpha value is -1.26. The Morgan fingerprint density at radius 3 is 2.12 bits per heavy atom. The summed E-state index contributed by atoms with van der Waals surface area (Å²) in [7, 11) is 3.25. The third-order valence-corrected chi connectivity index (χ3v) is 2.54. The molecule has 1 rings (SSSR count). The van der Waals surface area contributed by atoms with Gasteiger partial charge in [0.15, 0.2) is 0 Å². The van der Waals surface area contributed by atoms with Crippen molar-refractivity contribution in [1.82, 2.24) is 0 Å². The van der Waals surface area contributed by atoms with Crippen LogP contribution in [-0.4, -0.2) is 32.0 Å². The molecule has 0 radical (unpaired) electrons. The lowest BCUT2D eigenvalue weighted by molar-refractivity contribution is 0.265. The van der Waals surface area contributed by atoms with Gasteiger partial charge < -0.3 is 20.3 Å². The van der Waals surface area contributed by atoms with E-state index in [0.29, 0.717) is 6.42 Å². The Balaban J connectivity index is 3.02. The van der Waals surface area contributed by atoms with Gasteiger partial charge in [-0.15, -0.1) is 0 Å². The van der Waals surface area contributed by atoms with Gasteiger partial charge >= 0.3 is 0 Å². The van der Waals surface area contributed by atoms with Crippen molar-refractivity contribution in [3.05, 3.63) is 23.3 Å². The summed E-state index contributed by atoms with van der Waals surface area (Å²) in [6, 6.07) is 3.60. The summed E-state index contributed by atoms with van der Waals surface area (Å²) in [6.07, 6.45) is 0.601. The van der Waals surface area contributed by atoms with Crippen molar-refractivity contribution in [3.8, 4) is 11.5 Å². The fraction of sp³-hybridized carbons (Fsp3) is 0.500. The minimum atomic E-state index is -0.253. The number of aliphatic hydroxyl groups is 1. The van der Waals surface area contributed by atoms with E-state index in [1.165, 1.54) is 0 Å². The van der Waals surface area contributed by atoms with Gasteiger partial charge in [0.25, 0.3) is 0 Å². The maximum Gasteiger partial charge on any atom is 0.125 e. The zero-order chi connectivity index (χ0) is 12.1. The second kappa shape index (κ2) is 5.72. The fourth-order valence-corrected chi connectivity index (χ4v) is 1.63. The quantitative estimate of drug-likeness (QED) is 0.780. The minimum Gasteiger partial charge on any atom is -0.496 e. The molecule has 0 aliphatic carbocycles. The number of rotatable bonds is 5. The van der Waals surface area contributed by atoms with Crippen LogP contribution in [0.4, 0.5) is 0 Å². The normalized spacial score (nSPS) is 12.3.